The summed E-state index contributed by atoms with van der Waals surface area (Å²) in [7, 11) is 0. The molecule has 1 amide bonds. The van der Waals surface area contributed by atoms with Crippen LogP contribution in [-0.4, -0.2) is 30.8 Å². The van der Waals surface area contributed by atoms with Crippen molar-refractivity contribution >= 4 is 40.5 Å². The Labute approximate surface area is 162 Å². The van der Waals surface area contributed by atoms with Crippen LogP contribution in [0.15, 0.2) is 50.7 Å². The molecular weight excluding hydrogens is 362 g/mol. The zero-order valence-corrected chi connectivity index (χ0v) is 15.9. The van der Waals surface area contributed by atoms with Crippen molar-refractivity contribution in [3.8, 4) is 5.75 Å². The number of hydrogen-bond donors (Lipinski definition) is 1. The molecule has 2 aliphatic heterocycles. The van der Waals surface area contributed by atoms with Gasteiger partial charge in [0.15, 0.2) is 11.1 Å². The van der Waals surface area contributed by atoms with E-state index in [0.29, 0.717) is 22.4 Å². The van der Waals surface area contributed by atoms with Gasteiger partial charge >= 0.3 is 0 Å². The van der Waals surface area contributed by atoms with Crippen molar-refractivity contribution in [3.63, 3.8) is 0 Å². The standard InChI is InChI=1S/C20H21N3O3S/c1-2-25-15-7-5-14(6-8-15)21-20-22-19(24)17(27-20)13-16-9-10-18(26-16)23-11-3-4-12-23/h5-10,13H,2-4,11-12H2,1H3,(H,21,22,24)/b17-13+. The Bertz CT molecular complexity index is 880. The molecule has 0 unspecified atom stereocenters. The Morgan fingerprint density at radius 1 is 1.22 bits per heavy atom. The Balaban J connectivity index is 1.46. The molecule has 6 nitrogen and oxygen atoms in total. The molecule has 140 valence electrons. The number of hydrogen-bond acceptors (Lipinski definition) is 6. The number of ether oxygens (including phenoxy) is 1. The lowest BCUT2D eigenvalue weighted by Crippen LogP contribution is -2.19. The van der Waals surface area contributed by atoms with Crippen molar-refractivity contribution in [3.05, 3.63) is 47.1 Å². The highest BCUT2D eigenvalue weighted by Gasteiger charge is 2.24. The highest BCUT2D eigenvalue weighted by atomic mass is 32.2. The smallest absolute Gasteiger partial charge is 0.264 e. The van der Waals surface area contributed by atoms with E-state index in [1.54, 1.807) is 6.08 Å². The summed E-state index contributed by atoms with van der Waals surface area (Å²) >= 11 is 1.31. The number of furan rings is 1. The summed E-state index contributed by atoms with van der Waals surface area (Å²) in [5.74, 6) is 2.18. The molecule has 27 heavy (non-hydrogen) atoms. The van der Waals surface area contributed by atoms with Crippen molar-refractivity contribution in [1.82, 2.24) is 5.32 Å². The molecule has 0 saturated carbocycles. The number of nitrogens with zero attached hydrogens (tertiary/aromatic N) is 2. The summed E-state index contributed by atoms with van der Waals surface area (Å²) in [6, 6.07) is 11.3. The lowest BCUT2D eigenvalue weighted by molar-refractivity contribution is -0.115. The zero-order valence-electron chi connectivity index (χ0n) is 15.1. The Morgan fingerprint density at radius 2 is 2.00 bits per heavy atom. The number of carbonyl (C=O) groups is 1. The average molecular weight is 383 g/mol. The summed E-state index contributed by atoms with van der Waals surface area (Å²) in [6.07, 6.45) is 4.15. The van der Waals surface area contributed by atoms with E-state index in [-0.39, 0.29) is 5.91 Å². The first-order valence-electron chi connectivity index (χ1n) is 9.08. The van der Waals surface area contributed by atoms with Crippen LogP contribution in [0.5, 0.6) is 5.75 Å². The third-order valence-corrected chi connectivity index (χ3v) is 5.24. The first kappa shape index (κ1) is 17.7. The van der Waals surface area contributed by atoms with Crippen molar-refractivity contribution in [2.75, 3.05) is 24.6 Å². The van der Waals surface area contributed by atoms with Gasteiger partial charge in [0, 0.05) is 25.2 Å². The van der Waals surface area contributed by atoms with E-state index in [4.69, 9.17) is 9.15 Å². The van der Waals surface area contributed by atoms with Crippen LogP contribution in [0.2, 0.25) is 0 Å². The summed E-state index contributed by atoms with van der Waals surface area (Å²) in [5.41, 5.74) is 0.761. The fraction of sp³-hybridized carbons (Fsp3) is 0.300. The number of amides is 1. The minimum Gasteiger partial charge on any atom is -0.494 e. The van der Waals surface area contributed by atoms with Gasteiger partial charge in [0.05, 0.1) is 17.2 Å². The molecule has 2 saturated heterocycles. The van der Waals surface area contributed by atoms with Crippen LogP contribution >= 0.6 is 11.8 Å². The molecule has 0 bridgehead atoms. The van der Waals surface area contributed by atoms with Crippen LogP contribution in [0.4, 0.5) is 11.6 Å². The van der Waals surface area contributed by atoms with Gasteiger partial charge in [0.1, 0.15) is 11.5 Å². The summed E-state index contributed by atoms with van der Waals surface area (Å²) in [4.78, 5) is 19.5. The molecule has 7 heteroatoms. The molecule has 1 aromatic carbocycles. The van der Waals surface area contributed by atoms with Crippen LogP contribution in [0.1, 0.15) is 25.5 Å². The molecular formula is C20H21N3O3S. The van der Waals surface area contributed by atoms with Crippen molar-refractivity contribution in [2.24, 2.45) is 4.99 Å². The summed E-state index contributed by atoms with van der Waals surface area (Å²) in [6.45, 7) is 4.62. The molecule has 3 heterocycles. The molecule has 0 atom stereocenters. The third kappa shape index (κ3) is 4.19. The molecule has 2 fully saturated rings. The molecule has 0 radical (unpaired) electrons. The fourth-order valence-electron chi connectivity index (χ4n) is 3.04. The van der Waals surface area contributed by atoms with E-state index in [0.717, 1.165) is 30.4 Å². The van der Waals surface area contributed by atoms with Gasteiger partial charge in [-0.3, -0.25) is 4.79 Å². The van der Waals surface area contributed by atoms with Crippen molar-refractivity contribution in [1.29, 1.82) is 0 Å². The number of carbonyl (C=O) groups excluding carboxylic acids is 1. The van der Waals surface area contributed by atoms with Crippen LogP contribution in [-0.2, 0) is 4.79 Å². The number of rotatable bonds is 5. The van der Waals surface area contributed by atoms with Gasteiger partial charge in [0.25, 0.3) is 5.91 Å². The first-order chi connectivity index (χ1) is 13.2. The van der Waals surface area contributed by atoms with Gasteiger partial charge < -0.3 is 19.4 Å². The van der Waals surface area contributed by atoms with Crippen LogP contribution in [0, 0.1) is 0 Å². The average Bonchev–Trinajstić information content (AvgIpc) is 3.39. The van der Waals surface area contributed by atoms with E-state index in [1.165, 1.54) is 24.6 Å². The lowest BCUT2D eigenvalue weighted by Gasteiger charge is -2.12. The van der Waals surface area contributed by atoms with E-state index < -0.39 is 0 Å². The maximum atomic E-state index is 12.2. The highest BCUT2D eigenvalue weighted by Crippen LogP contribution is 2.30. The van der Waals surface area contributed by atoms with Crippen LogP contribution in [0.3, 0.4) is 0 Å². The molecule has 1 N–H and O–H groups in total. The predicted octanol–water partition coefficient (Wildman–Crippen LogP) is 4.17. The molecule has 1 aromatic heterocycles. The predicted molar refractivity (Wildman–Crippen MR) is 109 cm³/mol. The van der Waals surface area contributed by atoms with Gasteiger partial charge in [-0.2, -0.15) is 0 Å². The summed E-state index contributed by atoms with van der Waals surface area (Å²) in [5, 5.41) is 3.35. The quantitative estimate of drug-likeness (QED) is 0.785. The number of nitrogens with one attached hydrogen (secondary N) is 1. The second-order valence-corrected chi connectivity index (χ2v) is 7.31. The highest BCUT2D eigenvalue weighted by molar-refractivity contribution is 8.18. The second kappa shape index (κ2) is 7.92. The maximum Gasteiger partial charge on any atom is 0.264 e. The van der Waals surface area contributed by atoms with E-state index >= 15 is 0 Å². The van der Waals surface area contributed by atoms with Crippen molar-refractivity contribution in [2.45, 2.75) is 19.8 Å². The zero-order chi connectivity index (χ0) is 18.6. The van der Waals surface area contributed by atoms with Gasteiger partial charge in [-0.05, 0) is 61.9 Å². The van der Waals surface area contributed by atoms with Gasteiger partial charge in [0.2, 0.25) is 0 Å². The van der Waals surface area contributed by atoms with Gasteiger partial charge in [-0.15, -0.1) is 0 Å². The van der Waals surface area contributed by atoms with Crippen LogP contribution < -0.4 is 15.0 Å². The lowest BCUT2D eigenvalue weighted by atomic mass is 10.3. The number of anilines is 1. The summed E-state index contributed by atoms with van der Waals surface area (Å²) < 4.78 is 11.3. The Morgan fingerprint density at radius 3 is 2.74 bits per heavy atom. The monoisotopic (exact) mass is 383 g/mol. The van der Waals surface area contributed by atoms with Crippen molar-refractivity contribution < 1.29 is 13.9 Å². The number of thioether (sulfide) groups is 1. The van der Waals surface area contributed by atoms with Gasteiger partial charge in [-0.25, -0.2) is 4.99 Å². The third-order valence-electron chi connectivity index (χ3n) is 4.33. The molecule has 0 spiro atoms. The van der Waals surface area contributed by atoms with E-state index in [9.17, 15) is 4.79 Å². The minimum atomic E-state index is -0.163. The molecule has 0 aliphatic carbocycles. The number of amidine groups is 1. The van der Waals surface area contributed by atoms with E-state index in [2.05, 4.69) is 15.2 Å². The fourth-order valence-corrected chi connectivity index (χ4v) is 3.86. The maximum absolute atomic E-state index is 12.2. The molecule has 2 aromatic rings. The Kier molecular flexibility index (Phi) is 5.20. The number of aliphatic imine (C=N–C) groups is 1. The molecule has 4 rings (SSSR count). The topological polar surface area (TPSA) is 67.1 Å². The van der Waals surface area contributed by atoms with Crippen LogP contribution in [0.25, 0.3) is 6.08 Å². The largest absolute Gasteiger partial charge is 0.494 e. The number of benzene rings is 1. The SMILES string of the molecule is CCOc1ccc(N=C2NC(=O)/C(=C\c3ccc(N4CCCC4)o3)S2)cc1. The van der Waals surface area contributed by atoms with E-state index in [1.807, 2.05) is 43.3 Å². The molecule has 2 aliphatic rings. The normalized spacial score (nSPS) is 19.9. The van der Waals surface area contributed by atoms with Gasteiger partial charge in [-0.1, -0.05) is 0 Å². The second-order valence-electron chi connectivity index (χ2n) is 6.28. The Hall–Kier alpha value is -2.67. The minimum absolute atomic E-state index is 0.163. The first-order valence-corrected chi connectivity index (χ1v) is 9.90.